The Kier molecular flexibility index (Phi) is 4.63. The van der Waals surface area contributed by atoms with E-state index in [4.69, 9.17) is 4.74 Å². The maximum absolute atomic E-state index is 13.6. The van der Waals surface area contributed by atoms with Crippen LogP contribution in [-0.2, 0) is 11.2 Å². The van der Waals surface area contributed by atoms with Gasteiger partial charge in [-0.05, 0) is 29.8 Å². The summed E-state index contributed by atoms with van der Waals surface area (Å²) >= 11 is 4.17. The molecule has 0 aliphatic carbocycles. The molecule has 5 heteroatoms. The second-order valence-corrected chi connectivity index (χ2v) is 4.75. The maximum atomic E-state index is 13.6. The standard InChI is InChI=1S/C15H14FNO2S/c1-19-11-4-7-13(16)14(9-11)17-15(18)8-10-2-5-12(20)6-3-10/h2-7,9,20H,8H2,1H3,(H,17,18). The molecule has 0 fully saturated rings. The molecule has 0 aliphatic heterocycles. The van der Waals surface area contributed by atoms with E-state index in [1.165, 1.54) is 25.3 Å². The van der Waals surface area contributed by atoms with Gasteiger partial charge < -0.3 is 10.1 Å². The Morgan fingerprint density at radius 3 is 2.60 bits per heavy atom. The predicted octanol–water partition coefficient (Wildman–Crippen LogP) is 3.30. The lowest BCUT2D eigenvalue weighted by atomic mass is 10.1. The Bertz CT molecular complexity index is 614. The average Bonchev–Trinajstić information content (AvgIpc) is 2.44. The van der Waals surface area contributed by atoms with Crippen molar-refractivity contribution < 1.29 is 13.9 Å². The van der Waals surface area contributed by atoms with E-state index in [9.17, 15) is 9.18 Å². The molecule has 0 spiro atoms. The summed E-state index contributed by atoms with van der Waals surface area (Å²) in [6.45, 7) is 0. The van der Waals surface area contributed by atoms with Gasteiger partial charge in [0.25, 0.3) is 0 Å². The van der Waals surface area contributed by atoms with Crippen LogP contribution in [0.25, 0.3) is 0 Å². The molecule has 0 aromatic heterocycles. The average molecular weight is 291 g/mol. The van der Waals surface area contributed by atoms with E-state index in [2.05, 4.69) is 17.9 Å². The third-order valence-corrected chi connectivity index (χ3v) is 3.05. The number of amides is 1. The maximum Gasteiger partial charge on any atom is 0.228 e. The van der Waals surface area contributed by atoms with Gasteiger partial charge in [0.15, 0.2) is 0 Å². The van der Waals surface area contributed by atoms with Gasteiger partial charge in [0.1, 0.15) is 11.6 Å². The third-order valence-electron chi connectivity index (χ3n) is 2.75. The summed E-state index contributed by atoms with van der Waals surface area (Å²) < 4.78 is 18.6. The molecule has 20 heavy (non-hydrogen) atoms. The van der Waals surface area contributed by atoms with Crippen molar-refractivity contribution in [3.8, 4) is 5.75 Å². The number of hydrogen-bond donors (Lipinski definition) is 2. The molecule has 1 amide bonds. The summed E-state index contributed by atoms with van der Waals surface area (Å²) in [5.74, 6) is -0.296. The number of halogens is 1. The molecule has 1 N–H and O–H groups in total. The van der Waals surface area contributed by atoms with E-state index >= 15 is 0 Å². The zero-order valence-electron chi connectivity index (χ0n) is 10.9. The topological polar surface area (TPSA) is 38.3 Å². The molecule has 0 saturated carbocycles. The summed E-state index contributed by atoms with van der Waals surface area (Å²) in [4.78, 5) is 12.7. The molecule has 0 saturated heterocycles. The second kappa shape index (κ2) is 6.43. The summed E-state index contributed by atoms with van der Waals surface area (Å²) in [5.41, 5.74) is 0.948. The van der Waals surface area contributed by atoms with Crippen LogP contribution < -0.4 is 10.1 Å². The number of thiol groups is 1. The molecule has 0 bridgehead atoms. The molecular formula is C15H14FNO2S. The Balaban J connectivity index is 2.06. The fourth-order valence-corrected chi connectivity index (χ4v) is 1.87. The first-order valence-corrected chi connectivity index (χ1v) is 6.44. The molecule has 2 rings (SSSR count). The van der Waals surface area contributed by atoms with Crippen molar-refractivity contribution in [2.45, 2.75) is 11.3 Å². The normalized spacial score (nSPS) is 10.2. The number of methoxy groups -OCH3 is 1. The third kappa shape index (κ3) is 3.74. The molecule has 2 aromatic rings. The first-order valence-electron chi connectivity index (χ1n) is 6.00. The number of carbonyl (C=O) groups excluding carboxylic acids is 1. The Morgan fingerprint density at radius 2 is 1.95 bits per heavy atom. The number of hydrogen-bond acceptors (Lipinski definition) is 3. The molecule has 3 nitrogen and oxygen atoms in total. The fraction of sp³-hybridized carbons (Fsp3) is 0.133. The summed E-state index contributed by atoms with van der Waals surface area (Å²) in [7, 11) is 1.48. The molecule has 0 unspecified atom stereocenters. The number of benzene rings is 2. The van der Waals surface area contributed by atoms with Gasteiger partial charge in [0, 0.05) is 11.0 Å². The van der Waals surface area contributed by atoms with Crippen molar-refractivity contribution in [2.24, 2.45) is 0 Å². The van der Waals surface area contributed by atoms with Gasteiger partial charge in [0.05, 0.1) is 19.2 Å². The van der Waals surface area contributed by atoms with Gasteiger partial charge in [-0.1, -0.05) is 12.1 Å². The fourth-order valence-electron chi connectivity index (χ4n) is 1.72. The van der Waals surface area contributed by atoms with Gasteiger partial charge >= 0.3 is 0 Å². The SMILES string of the molecule is COc1ccc(F)c(NC(=O)Cc2ccc(S)cc2)c1. The van der Waals surface area contributed by atoms with Crippen LogP contribution in [0, 0.1) is 5.82 Å². The molecule has 0 atom stereocenters. The summed E-state index contributed by atoms with van der Waals surface area (Å²) in [5, 5.41) is 2.53. The zero-order valence-corrected chi connectivity index (χ0v) is 11.8. The lowest BCUT2D eigenvalue weighted by Gasteiger charge is -2.08. The van der Waals surface area contributed by atoms with Crippen LogP contribution in [-0.4, -0.2) is 13.0 Å². The molecule has 0 radical (unpaired) electrons. The van der Waals surface area contributed by atoms with E-state index in [1.807, 2.05) is 12.1 Å². The number of anilines is 1. The van der Waals surface area contributed by atoms with Gasteiger partial charge in [-0.3, -0.25) is 4.79 Å². The van der Waals surface area contributed by atoms with Crippen molar-refractivity contribution in [3.05, 3.63) is 53.8 Å². The lowest BCUT2D eigenvalue weighted by Crippen LogP contribution is -2.15. The highest BCUT2D eigenvalue weighted by Crippen LogP contribution is 2.21. The van der Waals surface area contributed by atoms with Crippen LogP contribution in [0.2, 0.25) is 0 Å². The Morgan fingerprint density at radius 1 is 1.25 bits per heavy atom. The van der Waals surface area contributed by atoms with E-state index in [-0.39, 0.29) is 18.0 Å². The Labute approximate surface area is 122 Å². The first kappa shape index (κ1) is 14.4. The van der Waals surface area contributed by atoms with Gasteiger partial charge in [-0.25, -0.2) is 4.39 Å². The minimum Gasteiger partial charge on any atom is -0.497 e. The monoisotopic (exact) mass is 291 g/mol. The van der Waals surface area contributed by atoms with Crippen LogP contribution in [0.1, 0.15) is 5.56 Å². The number of nitrogens with one attached hydrogen (secondary N) is 1. The highest BCUT2D eigenvalue weighted by molar-refractivity contribution is 7.80. The lowest BCUT2D eigenvalue weighted by molar-refractivity contribution is -0.115. The van der Waals surface area contributed by atoms with Gasteiger partial charge in [0.2, 0.25) is 5.91 Å². The van der Waals surface area contributed by atoms with Gasteiger partial charge in [-0.2, -0.15) is 0 Å². The van der Waals surface area contributed by atoms with E-state index < -0.39 is 5.82 Å². The quantitative estimate of drug-likeness (QED) is 0.848. The highest BCUT2D eigenvalue weighted by atomic mass is 32.1. The van der Waals surface area contributed by atoms with E-state index in [1.54, 1.807) is 12.1 Å². The summed E-state index contributed by atoms with van der Waals surface area (Å²) in [6, 6.07) is 11.4. The van der Waals surface area contributed by atoms with Crippen molar-refractivity contribution >= 4 is 24.2 Å². The minimum atomic E-state index is -0.496. The van der Waals surface area contributed by atoms with Crippen LogP contribution in [0.4, 0.5) is 10.1 Å². The molecule has 0 heterocycles. The van der Waals surface area contributed by atoms with Crippen molar-refractivity contribution in [1.82, 2.24) is 0 Å². The largest absolute Gasteiger partial charge is 0.497 e. The molecule has 0 aliphatic rings. The first-order chi connectivity index (χ1) is 9.58. The Hall–Kier alpha value is -2.01. The smallest absolute Gasteiger partial charge is 0.228 e. The molecule has 2 aromatic carbocycles. The molecular weight excluding hydrogens is 277 g/mol. The predicted molar refractivity (Wildman–Crippen MR) is 79.0 cm³/mol. The van der Waals surface area contributed by atoms with Crippen molar-refractivity contribution in [3.63, 3.8) is 0 Å². The second-order valence-electron chi connectivity index (χ2n) is 4.24. The highest BCUT2D eigenvalue weighted by Gasteiger charge is 2.09. The summed E-state index contributed by atoms with van der Waals surface area (Å²) in [6.07, 6.45) is 0.171. The van der Waals surface area contributed by atoms with E-state index in [0.29, 0.717) is 5.75 Å². The van der Waals surface area contributed by atoms with Gasteiger partial charge in [-0.15, -0.1) is 12.6 Å². The van der Waals surface area contributed by atoms with Crippen LogP contribution in [0.15, 0.2) is 47.4 Å². The zero-order chi connectivity index (χ0) is 14.5. The van der Waals surface area contributed by atoms with Crippen LogP contribution in [0.3, 0.4) is 0 Å². The minimum absolute atomic E-state index is 0.111. The van der Waals surface area contributed by atoms with Crippen molar-refractivity contribution in [2.75, 3.05) is 12.4 Å². The van der Waals surface area contributed by atoms with Crippen LogP contribution in [0.5, 0.6) is 5.75 Å². The van der Waals surface area contributed by atoms with Crippen molar-refractivity contribution in [1.29, 1.82) is 0 Å². The number of carbonyl (C=O) groups is 1. The number of rotatable bonds is 4. The van der Waals surface area contributed by atoms with E-state index in [0.717, 1.165) is 10.5 Å². The number of ether oxygens (including phenoxy) is 1. The van der Waals surface area contributed by atoms with Crippen LogP contribution >= 0.6 is 12.6 Å². The molecule has 104 valence electrons.